The Hall–Kier alpha value is -2.60. The Morgan fingerprint density at radius 1 is 1.11 bits per heavy atom. The molecule has 28 heavy (non-hydrogen) atoms. The van der Waals surface area contributed by atoms with Crippen LogP contribution >= 0.6 is 11.3 Å². The van der Waals surface area contributed by atoms with Gasteiger partial charge in [0.25, 0.3) is 11.8 Å². The quantitative estimate of drug-likeness (QED) is 0.738. The van der Waals surface area contributed by atoms with E-state index in [9.17, 15) is 9.59 Å². The zero-order valence-electron chi connectivity index (χ0n) is 16.5. The normalized spacial score (nSPS) is 20.3. The van der Waals surface area contributed by atoms with E-state index < -0.39 is 0 Å². The number of rotatable bonds is 4. The number of carbonyl (C=O) groups excluding carboxylic acids is 2. The van der Waals surface area contributed by atoms with Crippen molar-refractivity contribution < 1.29 is 9.59 Å². The SMILES string of the molecule is CC1CCCN(C2=C(c3cccs3)C(=O)N(c3cccc(N(C)C)c3)C2=O)C1. The van der Waals surface area contributed by atoms with Gasteiger partial charge in [0.05, 0.1) is 11.3 Å². The molecule has 0 aliphatic carbocycles. The van der Waals surface area contributed by atoms with Crippen LogP contribution < -0.4 is 9.80 Å². The van der Waals surface area contributed by atoms with Crippen LogP contribution in [0, 0.1) is 5.92 Å². The lowest BCUT2D eigenvalue weighted by atomic mass is 9.99. The molecule has 146 valence electrons. The van der Waals surface area contributed by atoms with Crippen LogP contribution in [0.5, 0.6) is 0 Å². The second-order valence-electron chi connectivity index (χ2n) is 7.75. The average molecular weight is 396 g/mol. The first-order chi connectivity index (χ1) is 13.5. The van der Waals surface area contributed by atoms with Crippen LogP contribution in [-0.2, 0) is 9.59 Å². The van der Waals surface area contributed by atoms with Gasteiger partial charge in [-0.25, -0.2) is 4.90 Å². The van der Waals surface area contributed by atoms with Crippen molar-refractivity contribution in [1.29, 1.82) is 0 Å². The van der Waals surface area contributed by atoms with Gasteiger partial charge in [-0.1, -0.05) is 19.1 Å². The summed E-state index contributed by atoms with van der Waals surface area (Å²) >= 11 is 1.51. The number of anilines is 2. The Kier molecular flexibility index (Phi) is 4.98. The van der Waals surface area contributed by atoms with Crippen LogP contribution in [0.3, 0.4) is 0 Å². The van der Waals surface area contributed by atoms with Gasteiger partial charge in [0.2, 0.25) is 0 Å². The van der Waals surface area contributed by atoms with Gasteiger partial charge in [-0.15, -0.1) is 11.3 Å². The highest BCUT2D eigenvalue weighted by molar-refractivity contribution is 7.11. The van der Waals surface area contributed by atoms with Crippen LogP contribution in [0.15, 0.2) is 47.5 Å². The fraction of sp³-hybridized carbons (Fsp3) is 0.364. The Balaban J connectivity index is 1.79. The lowest BCUT2D eigenvalue weighted by Gasteiger charge is -2.33. The summed E-state index contributed by atoms with van der Waals surface area (Å²) in [7, 11) is 3.89. The second-order valence-corrected chi connectivity index (χ2v) is 8.70. The number of hydrogen-bond donors (Lipinski definition) is 0. The molecular weight excluding hydrogens is 370 g/mol. The molecule has 0 bridgehead atoms. The first kappa shape index (κ1) is 18.7. The molecule has 0 saturated carbocycles. The van der Waals surface area contributed by atoms with E-state index >= 15 is 0 Å². The van der Waals surface area contributed by atoms with Crippen LogP contribution in [0.25, 0.3) is 5.57 Å². The van der Waals surface area contributed by atoms with Gasteiger partial charge < -0.3 is 9.80 Å². The van der Waals surface area contributed by atoms with Crippen LogP contribution in [0.1, 0.15) is 24.6 Å². The van der Waals surface area contributed by atoms with E-state index in [2.05, 4.69) is 11.8 Å². The Labute approximate surface area is 169 Å². The number of likely N-dealkylation sites (tertiary alicyclic amines) is 1. The van der Waals surface area contributed by atoms with Gasteiger partial charge in [-0.05, 0) is 48.4 Å². The number of benzene rings is 1. The zero-order valence-corrected chi connectivity index (χ0v) is 17.3. The number of hydrogen-bond acceptors (Lipinski definition) is 5. The third-order valence-electron chi connectivity index (χ3n) is 5.40. The molecule has 1 saturated heterocycles. The highest BCUT2D eigenvalue weighted by Crippen LogP contribution is 2.38. The van der Waals surface area contributed by atoms with Gasteiger partial charge in [0.1, 0.15) is 5.70 Å². The number of piperidine rings is 1. The lowest BCUT2D eigenvalue weighted by Crippen LogP contribution is -2.39. The van der Waals surface area contributed by atoms with Crippen molar-refractivity contribution in [1.82, 2.24) is 4.90 Å². The lowest BCUT2D eigenvalue weighted by molar-refractivity contribution is -0.120. The molecule has 0 N–H and O–H groups in total. The Morgan fingerprint density at radius 3 is 2.61 bits per heavy atom. The van der Waals surface area contributed by atoms with E-state index in [4.69, 9.17) is 0 Å². The minimum Gasteiger partial charge on any atom is -0.378 e. The molecule has 1 atom stereocenters. The zero-order chi connectivity index (χ0) is 19.8. The van der Waals surface area contributed by atoms with Crippen molar-refractivity contribution in [3.8, 4) is 0 Å². The van der Waals surface area contributed by atoms with Crippen molar-refractivity contribution in [2.24, 2.45) is 5.92 Å². The maximum atomic E-state index is 13.5. The Morgan fingerprint density at radius 2 is 1.93 bits per heavy atom. The molecule has 1 fully saturated rings. The fourth-order valence-electron chi connectivity index (χ4n) is 3.99. The topological polar surface area (TPSA) is 43.9 Å². The predicted octanol–water partition coefficient (Wildman–Crippen LogP) is 3.83. The summed E-state index contributed by atoms with van der Waals surface area (Å²) in [5, 5.41) is 1.95. The molecule has 1 unspecified atom stereocenters. The van der Waals surface area contributed by atoms with Crippen LogP contribution in [-0.4, -0.2) is 43.9 Å². The monoisotopic (exact) mass is 395 g/mol. The minimum absolute atomic E-state index is 0.210. The summed E-state index contributed by atoms with van der Waals surface area (Å²) in [6.07, 6.45) is 2.20. The summed E-state index contributed by atoms with van der Waals surface area (Å²) in [4.78, 5) is 33.2. The van der Waals surface area contributed by atoms with Gasteiger partial charge >= 0.3 is 0 Å². The molecule has 1 aromatic heterocycles. The van der Waals surface area contributed by atoms with Crippen molar-refractivity contribution in [2.45, 2.75) is 19.8 Å². The molecule has 2 aliphatic rings. The van der Waals surface area contributed by atoms with Gasteiger partial charge in [0, 0.05) is 37.7 Å². The average Bonchev–Trinajstić information content (AvgIpc) is 3.28. The van der Waals surface area contributed by atoms with Crippen molar-refractivity contribution in [3.63, 3.8) is 0 Å². The summed E-state index contributed by atoms with van der Waals surface area (Å²) in [6, 6.07) is 11.4. The molecule has 0 radical (unpaired) electrons. The second kappa shape index (κ2) is 7.43. The van der Waals surface area contributed by atoms with Crippen molar-refractivity contribution >= 4 is 40.1 Å². The summed E-state index contributed by atoms with van der Waals surface area (Å²) in [5.41, 5.74) is 2.68. The molecule has 0 spiro atoms. The van der Waals surface area contributed by atoms with E-state index in [0.717, 1.165) is 36.5 Å². The molecule has 2 amide bonds. The standard InChI is InChI=1S/C22H25N3O2S/c1-15-7-5-11-24(14-15)20-19(18-10-6-12-28-18)21(26)25(22(20)27)17-9-4-8-16(13-17)23(2)3/h4,6,8-10,12-13,15H,5,7,11,14H2,1-3H3. The smallest absolute Gasteiger partial charge is 0.282 e. The molecule has 5 nitrogen and oxygen atoms in total. The fourth-order valence-corrected chi connectivity index (χ4v) is 4.75. The van der Waals surface area contributed by atoms with E-state index in [-0.39, 0.29) is 11.8 Å². The minimum atomic E-state index is -0.225. The number of thiophene rings is 1. The van der Waals surface area contributed by atoms with Gasteiger partial charge in [-0.3, -0.25) is 9.59 Å². The molecule has 2 aromatic rings. The molecular formula is C22H25N3O2S. The van der Waals surface area contributed by atoms with E-state index in [1.54, 1.807) is 0 Å². The Bertz CT molecular complexity index is 933. The highest BCUT2D eigenvalue weighted by Gasteiger charge is 2.43. The summed E-state index contributed by atoms with van der Waals surface area (Å²) < 4.78 is 0. The molecule has 3 heterocycles. The van der Waals surface area contributed by atoms with Gasteiger partial charge in [-0.2, -0.15) is 0 Å². The first-order valence-corrected chi connectivity index (χ1v) is 10.5. The largest absolute Gasteiger partial charge is 0.378 e. The summed E-state index contributed by atoms with van der Waals surface area (Å²) in [6.45, 7) is 3.84. The first-order valence-electron chi connectivity index (χ1n) is 9.66. The number of nitrogens with zero attached hydrogens (tertiary/aromatic N) is 3. The van der Waals surface area contributed by atoms with Crippen LogP contribution in [0.4, 0.5) is 11.4 Å². The number of imide groups is 1. The van der Waals surface area contributed by atoms with Gasteiger partial charge in [0.15, 0.2) is 0 Å². The van der Waals surface area contributed by atoms with Crippen molar-refractivity contribution in [2.75, 3.05) is 37.0 Å². The molecule has 4 rings (SSSR count). The maximum absolute atomic E-state index is 13.5. The highest BCUT2D eigenvalue weighted by atomic mass is 32.1. The predicted molar refractivity (Wildman–Crippen MR) is 114 cm³/mol. The third kappa shape index (κ3) is 3.22. The van der Waals surface area contributed by atoms with Crippen molar-refractivity contribution in [3.05, 3.63) is 52.4 Å². The van der Waals surface area contributed by atoms with E-state index in [0.29, 0.717) is 22.9 Å². The third-order valence-corrected chi connectivity index (χ3v) is 6.29. The maximum Gasteiger partial charge on any atom is 0.282 e. The number of carbonyl (C=O) groups is 2. The molecule has 6 heteroatoms. The van der Waals surface area contributed by atoms with E-state index in [1.807, 2.05) is 60.8 Å². The van der Waals surface area contributed by atoms with E-state index in [1.165, 1.54) is 16.2 Å². The molecule has 1 aromatic carbocycles. The molecule has 2 aliphatic heterocycles. The summed E-state index contributed by atoms with van der Waals surface area (Å²) in [5.74, 6) is 0.0786. The van der Waals surface area contributed by atoms with Crippen LogP contribution in [0.2, 0.25) is 0 Å². The number of amides is 2.